The van der Waals surface area contributed by atoms with Gasteiger partial charge in [0.2, 0.25) is 0 Å². The van der Waals surface area contributed by atoms with Gasteiger partial charge in [0.05, 0.1) is 17.1 Å². The number of carbonyl (C=O) groups excluding carboxylic acids is 1. The van der Waals surface area contributed by atoms with E-state index in [1.807, 2.05) is 19.9 Å². The van der Waals surface area contributed by atoms with Crippen molar-refractivity contribution < 1.29 is 18.3 Å². The zero-order chi connectivity index (χ0) is 15.6. The van der Waals surface area contributed by atoms with Gasteiger partial charge in [-0.3, -0.25) is 4.79 Å². The molecule has 0 aliphatic carbocycles. The topological polar surface area (TPSA) is 74.7 Å². The Kier molecular flexibility index (Phi) is 4.56. The highest BCUT2D eigenvalue weighted by molar-refractivity contribution is 7.91. The van der Waals surface area contributed by atoms with Crippen molar-refractivity contribution in [1.29, 1.82) is 0 Å². The summed E-state index contributed by atoms with van der Waals surface area (Å²) in [7, 11) is -3.05. The Morgan fingerprint density at radius 3 is 2.57 bits per heavy atom. The lowest BCUT2D eigenvalue weighted by Crippen LogP contribution is -2.33. The number of hydrogen-bond acceptors (Lipinski definition) is 4. The van der Waals surface area contributed by atoms with Gasteiger partial charge in [0, 0.05) is 13.1 Å². The summed E-state index contributed by atoms with van der Waals surface area (Å²) in [6.07, 6.45) is 0.443. The lowest BCUT2D eigenvalue weighted by molar-refractivity contribution is 0.0765. The fourth-order valence-electron chi connectivity index (χ4n) is 2.40. The molecular formula is C15H21NO4S. The summed E-state index contributed by atoms with van der Waals surface area (Å²) in [6, 6.07) is 5.05. The normalized spacial score (nSPS) is 18.5. The van der Waals surface area contributed by atoms with Gasteiger partial charge in [-0.05, 0) is 30.0 Å². The van der Waals surface area contributed by atoms with Gasteiger partial charge in [-0.25, -0.2) is 8.42 Å². The molecule has 0 saturated carbocycles. The number of benzene rings is 1. The van der Waals surface area contributed by atoms with Crippen LogP contribution < -0.4 is 0 Å². The summed E-state index contributed by atoms with van der Waals surface area (Å²) in [4.78, 5) is 13.9. The number of amides is 1. The van der Waals surface area contributed by atoms with Crippen LogP contribution in [0, 0.1) is 0 Å². The zero-order valence-electron chi connectivity index (χ0n) is 12.4. The minimum atomic E-state index is -3.05. The number of phenolic OH excluding ortho intramolecular Hbond substituents is 1. The quantitative estimate of drug-likeness (QED) is 0.903. The minimum absolute atomic E-state index is 0.0103. The van der Waals surface area contributed by atoms with Gasteiger partial charge in [-0.1, -0.05) is 19.9 Å². The lowest BCUT2D eigenvalue weighted by atomic mass is 10.0. The molecule has 6 heteroatoms. The van der Waals surface area contributed by atoms with E-state index in [1.165, 1.54) is 4.90 Å². The van der Waals surface area contributed by atoms with Crippen LogP contribution in [0.1, 0.15) is 42.1 Å². The summed E-state index contributed by atoms with van der Waals surface area (Å²) in [6.45, 7) is 4.61. The Balaban J connectivity index is 2.20. The van der Waals surface area contributed by atoms with Crippen LogP contribution in [0.4, 0.5) is 0 Å². The largest absolute Gasteiger partial charge is 0.507 e. The monoisotopic (exact) mass is 311 g/mol. The number of hydrogen-bond donors (Lipinski definition) is 1. The highest BCUT2D eigenvalue weighted by atomic mass is 32.2. The van der Waals surface area contributed by atoms with E-state index in [1.54, 1.807) is 12.1 Å². The second kappa shape index (κ2) is 6.05. The van der Waals surface area contributed by atoms with E-state index in [-0.39, 0.29) is 41.2 Å². The Bertz CT molecular complexity index is 637. The number of phenols is 1. The van der Waals surface area contributed by atoms with Crippen molar-refractivity contribution >= 4 is 15.7 Å². The third kappa shape index (κ3) is 3.75. The SMILES string of the molecule is CC(C)c1ccc(C(=O)N2CCCS(=O)(=O)CC2)c(O)c1. The standard InChI is InChI=1S/C15H21NO4S/c1-11(2)12-4-5-13(14(17)10-12)15(18)16-6-3-8-21(19,20)9-7-16/h4-5,10-11,17H,3,6-9H2,1-2H3. The van der Waals surface area contributed by atoms with E-state index < -0.39 is 9.84 Å². The Morgan fingerprint density at radius 2 is 1.95 bits per heavy atom. The Labute approximate surface area is 125 Å². The molecule has 0 radical (unpaired) electrons. The summed E-state index contributed by atoms with van der Waals surface area (Å²) in [5.74, 6) is 0.0279. The summed E-state index contributed by atoms with van der Waals surface area (Å²) >= 11 is 0. The molecule has 1 saturated heterocycles. The van der Waals surface area contributed by atoms with Crippen molar-refractivity contribution in [3.8, 4) is 5.75 Å². The van der Waals surface area contributed by atoms with E-state index in [2.05, 4.69) is 0 Å². The number of carbonyl (C=O) groups is 1. The van der Waals surface area contributed by atoms with Crippen molar-refractivity contribution in [2.24, 2.45) is 0 Å². The average Bonchev–Trinajstić information content (AvgIpc) is 2.58. The molecule has 1 aromatic carbocycles. The van der Waals surface area contributed by atoms with Crippen molar-refractivity contribution in [2.75, 3.05) is 24.6 Å². The van der Waals surface area contributed by atoms with Gasteiger partial charge in [-0.2, -0.15) is 0 Å². The lowest BCUT2D eigenvalue weighted by Gasteiger charge is -2.20. The van der Waals surface area contributed by atoms with Crippen LogP contribution in [0.25, 0.3) is 0 Å². The third-order valence-corrected chi connectivity index (χ3v) is 5.48. The molecule has 21 heavy (non-hydrogen) atoms. The van der Waals surface area contributed by atoms with E-state index in [9.17, 15) is 18.3 Å². The van der Waals surface area contributed by atoms with Gasteiger partial charge in [-0.15, -0.1) is 0 Å². The molecule has 116 valence electrons. The predicted octanol–water partition coefficient (Wildman–Crippen LogP) is 1.78. The molecule has 1 N–H and O–H groups in total. The van der Waals surface area contributed by atoms with Gasteiger partial charge in [0.15, 0.2) is 9.84 Å². The molecule has 0 aromatic heterocycles. The molecule has 5 nitrogen and oxygen atoms in total. The third-order valence-electron chi connectivity index (χ3n) is 3.76. The molecule has 1 aliphatic rings. The van der Waals surface area contributed by atoms with Gasteiger partial charge in [0.1, 0.15) is 5.75 Å². The van der Waals surface area contributed by atoms with Gasteiger partial charge < -0.3 is 10.0 Å². The summed E-state index contributed by atoms with van der Waals surface area (Å²) in [5, 5.41) is 10.0. The minimum Gasteiger partial charge on any atom is -0.507 e. The number of aromatic hydroxyl groups is 1. The average molecular weight is 311 g/mol. The summed E-state index contributed by atoms with van der Waals surface area (Å²) < 4.78 is 23.1. The first-order valence-electron chi connectivity index (χ1n) is 7.13. The molecule has 1 aliphatic heterocycles. The second-order valence-corrected chi connectivity index (χ2v) is 8.03. The Hall–Kier alpha value is -1.56. The molecule has 1 aromatic rings. The van der Waals surface area contributed by atoms with Gasteiger partial charge >= 0.3 is 0 Å². The maximum Gasteiger partial charge on any atom is 0.257 e. The van der Waals surface area contributed by atoms with Crippen LogP contribution in [0.3, 0.4) is 0 Å². The first-order valence-corrected chi connectivity index (χ1v) is 8.95. The molecule has 2 rings (SSSR count). The molecule has 1 fully saturated rings. The number of sulfone groups is 1. The van der Waals surface area contributed by atoms with Gasteiger partial charge in [0.25, 0.3) is 5.91 Å². The maximum atomic E-state index is 12.4. The first kappa shape index (κ1) is 15.8. The van der Waals surface area contributed by atoms with Crippen LogP contribution in [0.5, 0.6) is 5.75 Å². The van der Waals surface area contributed by atoms with Crippen LogP contribution >= 0.6 is 0 Å². The molecule has 0 atom stereocenters. The van der Waals surface area contributed by atoms with Crippen molar-refractivity contribution in [3.63, 3.8) is 0 Å². The van der Waals surface area contributed by atoms with Crippen molar-refractivity contribution in [1.82, 2.24) is 4.90 Å². The maximum absolute atomic E-state index is 12.4. The summed E-state index contributed by atoms with van der Waals surface area (Å²) in [5.41, 5.74) is 1.20. The van der Waals surface area contributed by atoms with Crippen molar-refractivity contribution in [2.45, 2.75) is 26.2 Å². The predicted molar refractivity (Wildman–Crippen MR) is 81.4 cm³/mol. The molecule has 0 spiro atoms. The smallest absolute Gasteiger partial charge is 0.257 e. The fourth-order valence-corrected chi connectivity index (χ4v) is 3.67. The molecular weight excluding hydrogens is 290 g/mol. The second-order valence-electron chi connectivity index (χ2n) is 5.73. The molecule has 0 bridgehead atoms. The van der Waals surface area contributed by atoms with Crippen LogP contribution in [-0.4, -0.2) is 48.9 Å². The van der Waals surface area contributed by atoms with Crippen LogP contribution in [0.2, 0.25) is 0 Å². The van der Waals surface area contributed by atoms with E-state index in [0.717, 1.165) is 5.56 Å². The van der Waals surface area contributed by atoms with Crippen LogP contribution in [0.15, 0.2) is 18.2 Å². The van der Waals surface area contributed by atoms with Crippen molar-refractivity contribution in [3.05, 3.63) is 29.3 Å². The molecule has 0 unspecified atom stereocenters. The van der Waals surface area contributed by atoms with E-state index in [4.69, 9.17) is 0 Å². The van der Waals surface area contributed by atoms with E-state index >= 15 is 0 Å². The molecule has 1 amide bonds. The highest BCUT2D eigenvalue weighted by Crippen LogP contribution is 2.25. The number of rotatable bonds is 2. The van der Waals surface area contributed by atoms with E-state index in [0.29, 0.717) is 13.0 Å². The zero-order valence-corrected chi connectivity index (χ0v) is 13.2. The highest BCUT2D eigenvalue weighted by Gasteiger charge is 2.25. The fraction of sp³-hybridized carbons (Fsp3) is 0.533. The first-order chi connectivity index (χ1) is 9.80. The number of nitrogens with zero attached hydrogens (tertiary/aromatic N) is 1. The Morgan fingerprint density at radius 1 is 1.24 bits per heavy atom. The van der Waals surface area contributed by atoms with Crippen LogP contribution in [-0.2, 0) is 9.84 Å². The molecule has 1 heterocycles.